The van der Waals surface area contributed by atoms with E-state index in [-0.39, 0.29) is 11.5 Å². The van der Waals surface area contributed by atoms with Gasteiger partial charge in [-0.05, 0) is 82.9 Å². The van der Waals surface area contributed by atoms with Crippen molar-refractivity contribution in [2.24, 2.45) is 0 Å². The van der Waals surface area contributed by atoms with E-state index in [9.17, 15) is 13.0 Å². The molecule has 284 valence electrons. The SMILES string of the molecule is O=S(=O)([O-])c1ccc(OCCN2C(=CC=CC=Cc3sc4ccc(-c5ccccc5)cc4[n+]3CCOc3ccccc3)Oc3ccc(-c4ccccc4)cc32)cc1. The summed E-state index contributed by atoms with van der Waals surface area (Å²) in [5, 5.41) is 1.10. The first kappa shape index (κ1) is 37.5. The maximum Gasteiger partial charge on any atom is 0.262 e. The van der Waals surface area contributed by atoms with Crippen molar-refractivity contribution in [1.29, 1.82) is 0 Å². The molecule has 10 heteroatoms. The molecule has 0 bridgehead atoms. The third-order valence-corrected chi connectivity index (χ3v) is 11.4. The zero-order valence-corrected chi connectivity index (χ0v) is 32.4. The van der Waals surface area contributed by atoms with Crippen molar-refractivity contribution < 1.29 is 31.7 Å². The quantitative estimate of drug-likeness (QED) is 0.0616. The Hall–Kier alpha value is -6.46. The van der Waals surface area contributed by atoms with Crippen LogP contribution in [0.15, 0.2) is 187 Å². The topological polar surface area (TPSA) is 92.0 Å². The lowest BCUT2D eigenvalue weighted by atomic mass is 10.0. The van der Waals surface area contributed by atoms with Crippen LogP contribution in [-0.4, -0.2) is 32.7 Å². The lowest BCUT2D eigenvalue weighted by molar-refractivity contribution is -0.669. The van der Waals surface area contributed by atoms with Gasteiger partial charge in [0.1, 0.15) is 39.5 Å². The summed E-state index contributed by atoms with van der Waals surface area (Å²) < 4.78 is 56.0. The van der Waals surface area contributed by atoms with Crippen molar-refractivity contribution in [3.05, 3.63) is 187 Å². The molecule has 2 heterocycles. The molecule has 1 aliphatic rings. The van der Waals surface area contributed by atoms with Gasteiger partial charge in [-0.15, -0.1) is 0 Å². The molecule has 0 unspecified atom stereocenters. The summed E-state index contributed by atoms with van der Waals surface area (Å²) >= 11 is 1.74. The van der Waals surface area contributed by atoms with Crippen LogP contribution in [-0.2, 0) is 16.7 Å². The minimum atomic E-state index is -4.54. The second-order valence-electron chi connectivity index (χ2n) is 13.1. The van der Waals surface area contributed by atoms with Crippen molar-refractivity contribution in [1.82, 2.24) is 0 Å². The van der Waals surface area contributed by atoms with Gasteiger partial charge < -0.3 is 23.7 Å². The lowest BCUT2D eigenvalue weighted by Gasteiger charge is -2.19. The van der Waals surface area contributed by atoms with Crippen LogP contribution in [0.4, 0.5) is 5.69 Å². The number of benzene rings is 6. The molecule has 7 aromatic rings. The number of ether oxygens (including phenoxy) is 3. The van der Waals surface area contributed by atoms with Crippen molar-refractivity contribution in [2.75, 3.05) is 24.7 Å². The third-order valence-electron chi connectivity index (χ3n) is 9.40. The maximum absolute atomic E-state index is 11.4. The lowest BCUT2D eigenvalue weighted by Crippen LogP contribution is -2.38. The molecular formula is C47H38N2O6S2. The molecule has 0 saturated heterocycles. The third kappa shape index (κ3) is 9.00. The molecule has 0 saturated carbocycles. The Balaban J connectivity index is 1.03. The van der Waals surface area contributed by atoms with Crippen LogP contribution < -0.4 is 23.7 Å². The van der Waals surface area contributed by atoms with E-state index in [2.05, 4.69) is 76.2 Å². The zero-order valence-electron chi connectivity index (χ0n) is 30.8. The van der Waals surface area contributed by atoms with Crippen LogP contribution in [0.2, 0.25) is 0 Å². The highest BCUT2D eigenvalue weighted by atomic mass is 32.2. The highest BCUT2D eigenvalue weighted by molar-refractivity contribution is 7.85. The fourth-order valence-corrected chi connectivity index (χ4v) is 8.15. The number of fused-ring (bicyclic) bond motifs is 2. The van der Waals surface area contributed by atoms with E-state index in [0.717, 1.165) is 44.4 Å². The number of aromatic nitrogens is 1. The highest BCUT2D eigenvalue weighted by Crippen LogP contribution is 2.41. The molecule has 57 heavy (non-hydrogen) atoms. The van der Waals surface area contributed by atoms with Gasteiger partial charge >= 0.3 is 0 Å². The van der Waals surface area contributed by atoms with Gasteiger partial charge in [0.05, 0.1) is 17.1 Å². The molecule has 0 spiro atoms. The van der Waals surface area contributed by atoms with Crippen LogP contribution in [0.25, 0.3) is 38.5 Å². The normalized spacial score (nSPS) is 13.4. The largest absolute Gasteiger partial charge is 0.744 e. The molecule has 0 amide bonds. The number of rotatable bonds is 14. The van der Waals surface area contributed by atoms with Gasteiger partial charge in [-0.1, -0.05) is 121 Å². The van der Waals surface area contributed by atoms with Gasteiger partial charge in [0.25, 0.3) is 5.01 Å². The number of nitrogens with zero attached hydrogens (tertiary/aromatic N) is 2. The van der Waals surface area contributed by atoms with E-state index >= 15 is 0 Å². The van der Waals surface area contributed by atoms with Crippen molar-refractivity contribution in [2.45, 2.75) is 11.4 Å². The number of anilines is 1. The van der Waals surface area contributed by atoms with E-state index in [0.29, 0.717) is 31.3 Å². The van der Waals surface area contributed by atoms with Gasteiger partial charge in [-0.25, -0.2) is 8.42 Å². The van der Waals surface area contributed by atoms with E-state index in [1.807, 2.05) is 91.0 Å². The maximum atomic E-state index is 11.4. The molecule has 0 aliphatic carbocycles. The minimum Gasteiger partial charge on any atom is -0.744 e. The number of hydrogen-bond acceptors (Lipinski definition) is 8. The van der Waals surface area contributed by atoms with Crippen LogP contribution in [0.1, 0.15) is 5.01 Å². The molecule has 1 aromatic heterocycles. The predicted molar refractivity (Wildman–Crippen MR) is 225 cm³/mol. The van der Waals surface area contributed by atoms with Crippen LogP contribution in [0.3, 0.4) is 0 Å². The second-order valence-corrected chi connectivity index (χ2v) is 15.6. The first-order valence-electron chi connectivity index (χ1n) is 18.5. The Labute approximate surface area is 336 Å². The predicted octanol–water partition coefficient (Wildman–Crippen LogP) is 9.89. The van der Waals surface area contributed by atoms with Crippen LogP contribution >= 0.6 is 11.3 Å². The molecule has 0 N–H and O–H groups in total. The highest BCUT2D eigenvalue weighted by Gasteiger charge is 2.26. The van der Waals surface area contributed by atoms with Crippen molar-refractivity contribution in [3.8, 4) is 39.5 Å². The van der Waals surface area contributed by atoms with E-state index in [4.69, 9.17) is 14.2 Å². The molecule has 8 rings (SSSR count). The molecule has 0 atom stereocenters. The summed E-state index contributed by atoms with van der Waals surface area (Å²) in [4.78, 5) is 1.76. The van der Waals surface area contributed by atoms with Crippen LogP contribution in [0, 0.1) is 0 Å². The van der Waals surface area contributed by atoms with E-state index in [1.165, 1.54) is 34.5 Å². The standard InChI is InChI=1S/C47H38N2O6S2/c50-57(51,52)41-25-23-40(24-26-41)54-31-29-48-42-33-37(35-13-5-1-6-14-35)21-27-44(42)55-46(48)19-11-4-12-20-47-49(30-32-53-39-17-9-3-10-18-39)43-34-38(22-28-45(43)56-47)36-15-7-2-8-16-36/h1-28,33-34H,29-32H2. The zero-order chi connectivity index (χ0) is 39.0. The van der Waals surface area contributed by atoms with Crippen molar-refractivity contribution in [3.63, 3.8) is 0 Å². The smallest absolute Gasteiger partial charge is 0.262 e. The minimum absolute atomic E-state index is 0.273. The van der Waals surface area contributed by atoms with Gasteiger partial charge in [-0.3, -0.25) is 0 Å². The van der Waals surface area contributed by atoms with Gasteiger partial charge in [-0.2, -0.15) is 4.57 Å². The molecule has 0 radical (unpaired) electrons. The van der Waals surface area contributed by atoms with Crippen LogP contribution in [0.5, 0.6) is 17.2 Å². The number of allylic oxidation sites excluding steroid dienone is 4. The summed E-state index contributed by atoms with van der Waals surface area (Å²) in [6.07, 6.45) is 10.0. The fourth-order valence-electron chi connectivity index (χ4n) is 6.60. The number of hydrogen-bond donors (Lipinski definition) is 0. The Kier molecular flexibility index (Phi) is 11.3. The Morgan fingerprint density at radius 1 is 0.667 bits per heavy atom. The first-order chi connectivity index (χ1) is 27.9. The Morgan fingerprint density at radius 3 is 2.00 bits per heavy atom. The number of para-hydroxylation sites is 1. The summed E-state index contributed by atoms with van der Waals surface area (Å²) in [6, 6.07) is 48.7. The molecule has 6 aromatic carbocycles. The molecule has 1 aliphatic heterocycles. The molecule has 0 fully saturated rings. The molecule has 8 nitrogen and oxygen atoms in total. The van der Waals surface area contributed by atoms with Crippen molar-refractivity contribution >= 4 is 43.4 Å². The van der Waals surface area contributed by atoms with E-state index < -0.39 is 10.1 Å². The number of thiazole rings is 1. The summed E-state index contributed by atoms with van der Waals surface area (Å²) in [5.74, 6) is 2.67. The second kappa shape index (κ2) is 17.1. The first-order valence-corrected chi connectivity index (χ1v) is 20.7. The van der Waals surface area contributed by atoms with Gasteiger partial charge in [0.2, 0.25) is 11.4 Å². The fraction of sp³-hybridized carbons (Fsp3) is 0.0851. The van der Waals surface area contributed by atoms with E-state index in [1.54, 1.807) is 11.3 Å². The molecular weight excluding hydrogens is 753 g/mol. The van der Waals surface area contributed by atoms with Gasteiger partial charge in [0, 0.05) is 12.1 Å². The summed E-state index contributed by atoms with van der Waals surface area (Å²) in [7, 11) is -4.54. The van der Waals surface area contributed by atoms with Gasteiger partial charge in [0.15, 0.2) is 12.3 Å². The average Bonchev–Trinajstić information content (AvgIpc) is 3.77. The Morgan fingerprint density at radius 2 is 1.30 bits per heavy atom. The summed E-state index contributed by atoms with van der Waals surface area (Å²) in [6.45, 7) is 1.92. The monoisotopic (exact) mass is 790 g/mol. The average molecular weight is 791 g/mol. The summed E-state index contributed by atoms with van der Waals surface area (Å²) in [5.41, 5.74) is 6.54. The Bertz CT molecular complexity index is 2680.